The van der Waals surface area contributed by atoms with Gasteiger partial charge >= 0.3 is 0 Å². The number of likely N-dealkylation sites (tertiary alicyclic amines) is 1. The highest BCUT2D eigenvalue weighted by Crippen LogP contribution is 2.41. The molecular weight excluding hydrogens is 462 g/mol. The molecule has 0 aliphatic carbocycles. The zero-order valence-electron chi connectivity index (χ0n) is 20.2. The molecule has 35 heavy (non-hydrogen) atoms. The number of halogens is 1. The number of hydrogen-bond acceptors (Lipinski definition) is 4. The van der Waals surface area contributed by atoms with E-state index in [-0.39, 0.29) is 11.8 Å². The minimum absolute atomic E-state index is 0.0937. The monoisotopic (exact) mass is 491 g/mol. The summed E-state index contributed by atoms with van der Waals surface area (Å²) in [5.41, 5.74) is 4.65. The van der Waals surface area contributed by atoms with Gasteiger partial charge in [0, 0.05) is 30.2 Å². The zero-order valence-corrected chi connectivity index (χ0v) is 21.0. The number of rotatable bonds is 4. The molecule has 5 rings (SSSR count). The lowest BCUT2D eigenvalue weighted by atomic mass is 9.72. The van der Waals surface area contributed by atoms with E-state index >= 15 is 0 Å². The first-order chi connectivity index (χ1) is 16.8. The van der Waals surface area contributed by atoms with Crippen LogP contribution >= 0.6 is 11.6 Å². The van der Waals surface area contributed by atoms with Crippen LogP contribution in [0.4, 0.5) is 0 Å². The van der Waals surface area contributed by atoms with Crippen molar-refractivity contribution in [3.8, 4) is 0 Å². The number of aromatic nitrogens is 1. The second-order valence-corrected chi connectivity index (χ2v) is 10.3. The van der Waals surface area contributed by atoms with E-state index in [9.17, 15) is 9.59 Å². The molecule has 0 N–H and O–H groups in total. The number of carbonyl (C=O) groups excluding carboxylic acids is 2. The van der Waals surface area contributed by atoms with Crippen LogP contribution in [0.15, 0.2) is 53.1 Å². The SMILES string of the molecule is Cc1noc(C)c1CN1Cc2ccccc2CC2(CCN(C(=O)Cc3ccc(Cl)cc3)CC2)C1=O. The van der Waals surface area contributed by atoms with Gasteiger partial charge < -0.3 is 14.3 Å². The predicted molar refractivity (Wildman–Crippen MR) is 134 cm³/mol. The Hall–Kier alpha value is -3.12. The van der Waals surface area contributed by atoms with Crippen molar-refractivity contribution in [1.82, 2.24) is 15.0 Å². The van der Waals surface area contributed by atoms with Crippen molar-refractivity contribution in [2.75, 3.05) is 13.1 Å². The van der Waals surface area contributed by atoms with Gasteiger partial charge in [-0.2, -0.15) is 0 Å². The van der Waals surface area contributed by atoms with Crippen LogP contribution in [0.3, 0.4) is 0 Å². The van der Waals surface area contributed by atoms with E-state index in [1.54, 1.807) is 0 Å². The second-order valence-electron chi connectivity index (χ2n) is 9.87. The Labute approximate surface area is 210 Å². The fourth-order valence-electron chi connectivity index (χ4n) is 5.45. The number of piperidine rings is 1. The van der Waals surface area contributed by atoms with E-state index < -0.39 is 5.41 Å². The topological polar surface area (TPSA) is 66.7 Å². The fourth-order valence-corrected chi connectivity index (χ4v) is 5.57. The first-order valence-electron chi connectivity index (χ1n) is 12.1. The van der Waals surface area contributed by atoms with Gasteiger partial charge in [0.25, 0.3) is 0 Å². The second kappa shape index (κ2) is 9.50. The molecule has 7 heteroatoms. The summed E-state index contributed by atoms with van der Waals surface area (Å²) in [5, 5.41) is 4.74. The molecule has 0 atom stereocenters. The minimum Gasteiger partial charge on any atom is -0.361 e. The average molecular weight is 492 g/mol. The largest absolute Gasteiger partial charge is 0.361 e. The number of hydrogen-bond donors (Lipinski definition) is 0. The molecule has 2 aliphatic heterocycles. The smallest absolute Gasteiger partial charge is 0.229 e. The van der Waals surface area contributed by atoms with Gasteiger partial charge in [-0.15, -0.1) is 0 Å². The van der Waals surface area contributed by atoms with Crippen LogP contribution in [0.25, 0.3) is 0 Å². The molecule has 0 saturated carbocycles. The molecule has 2 aliphatic rings. The van der Waals surface area contributed by atoms with E-state index in [1.165, 1.54) is 11.1 Å². The van der Waals surface area contributed by atoms with Crippen LogP contribution in [0.2, 0.25) is 5.02 Å². The molecule has 1 saturated heterocycles. The fraction of sp³-hybridized carbons (Fsp3) is 0.393. The Kier molecular flexibility index (Phi) is 6.41. The van der Waals surface area contributed by atoms with Crippen molar-refractivity contribution in [2.24, 2.45) is 5.41 Å². The number of carbonyl (C=O) groups is 2. The summed E-state index contributed by atoms with van der Waals surface area (Å²) in [6, 6.07) is 15.7. The first kappa shape index (κ1) is 23.6. The van der Waals surface area contributed by atoms with Crippen molar-refractivity contribution < 1.29 is 14.1 Å². The van der Waals surface area contributed by atoms with Crippen molar-refractivity contribution in [3.63, 3.8) is 0 Å². The normalized spacial score (nSPS) is 17.4. The Morgan fingerprint density at radius 3 is 2.40 bits per heavy atom. The van der Waals surface area contributed by atoms with Crippen LogP contribution in [0.1, 0.15) is 46.5 Å². The molecule has 0 bridgehead atoms. The highest BCUT2D eigenvalue weighted by molar-refractivity contribution is 6.30. The van der Waals surface area contributed by atoms with Gasteiger partial charge in [0.2, 0.25) is 11.8 Å². The quantitative estimate of drug-likeness (QED) is 0.521. The summed E-state index contributed by atoms with van der Waals surface area (Å²) in [6.45, 7) is 6.03. The molecule has 2 aromatic carbocycles. The van der Waals surface area contributed by atoms with Gasteiger partial charge in [-0.05, 0) is 61.9 Å². The van der Waals surface area contributed by atoms with E-state index in [2.05, 4.69) is 17.3 Å². The number of fused-ring (bicyclic) bond motifs is 1. The van der Waals surface area contributed by atoms with Gasteiger partial charge in [-0.25, -0.2) is 0 Å². The third kappa shape index (κ3) is 4.72. The van der Waals surface area contributed by atoms with Gasteiger partial charge in [0.1, 0.15) is 5.76 Å². The van der Waals surface area contributed by atoms with Gasteiger partial charge in [0.05, 0.1) is 24.1 Å². The number of aryl methyl sites for hydroxylation is 2. The van der Waals surface area contributed by atoms with Crippen LogP contribution in [-0.2, 0) is 35.5 Å². The zero-order chi connectivity index (χ0) is 24.6. The first-order valence-corrected chi connectivity index (χ1v) is 12.5. The maximum Gasteiger partial charge on any atom is 0.229 e. The van der Waals surface area contributed by atoms with E-state index in [0.717, 1.165) is 22.6 Å². The maximum atomic E-state index is 14.1. The molecule has 1 aromatic heterocycles. The lowest BCUT2D eigenvalue weighted by molar-refractivity contribution is -0.149. The molecule has 2 amide bonds. The molecule has 1 spiro atoms. The number of nitrogens with zero attached hydrogens (tertiary/aromatic N) is 3. The predicted octanol–water partition coefficient (Wildman–Crippen LogP) is 4.88. The molecular formula is C28H30ClN3O3. The summed E-state index contributed by atoms with van der Waals surface area (Å²) in [5.74, 6) is 1.01. The van der Waals surface area contributed by atoms with Gasteiger partial charge in [-0.3, -0.25) is 9.59 Å². The Bertz CT molecular complexity index is 1220. The van der Waals surface area contributed by atoms with Crippen LogP contribution in [0, 0.1) is 19.3 Å². The molecule has 3 aromatic rings. The standard InChI is InChI=1S/C28H30ClN3O3/c1-19-25(20(2)35-30-19)18-32-17-23-6-4-3-5-22(23)16-28(27(32)34)11-13-31(14-12-28)26(33)15-21-7-9-24(29)10-8-21/h3-10H,11-18H2,1-2H3. The molecule has 1 fully saturated rings. The summed E-state index contributed by atoms with van der Waals surface area (Å²) >= 11 is 5.98. The summed E-state index contributed by atoms with van der Waals surface area (Å²) in [6.07, 6.45) is 2.37. The summed E-state index contributed by atoms with van der Waals surface area (Å²) < 4.78 is 5.37. The summed E-state index contributed by atoms with van der Waals surface area (Å²) in [4.78, 5) is 31.0. The Balaban J connectivity index is 1.36. The molecule has 182 valence electrons. The lowest BCUT2D eigenvalue weighted by Gasteiger charge is -2.42. The third-order valence-electron chi connectivity index (χ3n) is 7.62. The van der Waals surface area contributed by atoms with Crippen molar-refractivity contribution in [3.05, 3.63) is 87.3 Å². The minimum atomic E-state index is -0.511. The highest BCUT2D eigenvalue weighted by atomic mass is 35.5. The van der Waals surface area contributed by atoms with Crippen molar-refractivity contribution in [1.29, 1.82) is 0 Å². The van der Waals surface area contributed by atoms with E-state index in [4.69, 9.17) is 16.1 Å². The Morgan fingerprint density at radius 2 is 1.74 bits per heavy atom. The van der Waals surface area contributed by atoms with Crippen LogP contribution in [-0.4, -0.2) is 39.9 Å². The number of amides is 2. The van der Waals surface area contributed by atoms with Gasteiger partial charge in [0.15, 0.2) is 0 Å². The van der Waals surface area contributed by atoms with Crippen molar-refractivity contribution >= 4 is 23.4 Å². The van der Waals surface area contributed by atoms with E-state index in [1.807, 2.05) is 60.0 Å². The lowest BCUT2D eigenvalue weighted by Crippen LogP contribution is -2.51. The van der Waals surface area contributed by atoms with Crippen LogP contribution in [0.5, 0.6) is 0 Å². The highest BCUT2D eigenvalue weighted by Gasteiger charge is 2.46. The average Bonchev–Trinajstić information content (AvgIpc) is 3.12. The van der Waals surface area contributed by atoms with Crippen LogP contribution < -0.4 is 0 Å². The summed E-state index contributed by atoms with van der Waals surface area (Å²) in [7, 11) is 0. The molecule has 6 nitrogen and oxygen atoms in total. The Morgan fingerprint density at radius 1 is 1.06 bits per heavy atom. The number of benzene rings is 2. The van der Waals surface area contributed by atoms with E-state index in [0.29, 0.717) is 56.9 Å². The van der Waals surface area contributed by atoms with Gasteiger partial charge in [-0.1, -0.05) is 53.2 Å². The third-order valence-corrected chi connectivity index (χ3v) is 7.87. The maximum absolute atomic E-state index is 14.1. The molecule has 3 heterocycles. The molecule has 0 unspecified atom stereocenters. The molecule has 0 radical (unpaired) electrons. The van der Waals surface area contributed by atoms with Crippen molar-refractivity contribution in [2.45, 2.75) is 52.6 Å².